The zero-order valence-electron chi connectivity index (χ0n) is 16.3. The smallest absolute Gasteiger partial charge is 0.318 e. The number of aromatic hydroxyl groups is 1. The van der Waals surface area contributed by atoms with Crippen molar-refractivity contribution in [3.8, 4) is 5.75 Å². The van der Waals surface area contributed by atoms with Gasteiger partial charge in [-0.1, -0.05) is 54.1 Å². The summed E-state index contributed by atoms with van der Waals surface area (Å²) >= 11 is 6.19. The number of halogens is 2. The van der Waals surface area contributed by atoms with E-state index in [1.807, 2.05) is 48.5 Å². The molecule has 1 unspecified atom stereocenters. The molecule has 0 radical (unpaired) electrons. The molecule has 30 heavy (non-hydrogen) atoms. The molecule has 0 saturated heterocycles. The molecular weight excluding hydrogens is 403 g/mol. The van der Waals surface area contributed by atoms with Crippen molar-refractivity contribution in [1.29, 1.82) is 0 Å². The molecule has 2 amide bonds. The number of hydrogen-bond acceptors (Lipinski definition) is 2. The predicted molar refractivity (Wildman–Crippen MR) is 115 cm³/mol. The van der Waals surface area contributed by atoms with Crippen LogP contribution in [0.4, 0.5) is 9.18 Å². The molecule has 154 valence electrons. The van der Waals surface area contributed by atoms with Crippen molar-refractivity contribution < 1.29 is 14.3 Å². The second kappa shape index (κ2) is 8.76. The van der Waals surface area contributed by atoms with Gasteiger partial charge in [-0.15, -0.1) is 0 Å². The van der Waals surface area contributed by atoms with Crippen LogP contribution in [0.15, 0.2) is 66.7 Å². The molecule has 3 aromatic rings. The molecule has 0 spiro atoms. The highest BCUT2D eigenvalue weighted by Crippen LogP contribution is 2.39. The molecule has 1 aliphatic heterocycles. The van der Waals surface area contributed by atoms with Crippen LogP contribution in [-0.2, 0) is 12.8 Å². The van der Waals surface area contributed by atoms with Crippen LogP contribution in [0.25, 0.3) is 0 Å². The number of urea groups is 1. The van der Waals surface area contributed by atoms with Gasteiger partial charge in [0.25, 0.3) is 0 Å². The van der Waals surface area contributed by atoms with E-state index >= 15 is 0 Å². The number of carbonyl (C=O) groups excluding carboxylic acids is 1. The van der Waals surface area contributed by atoms with Gasteiger partial charge in [0.1, 0.15) is 11.6 Å². The Labute approximate surface area is 179 Å². The van der Waals surface area contributed by atoms with Crippen molar-refractivity contribution in [2.24, 2.45) is 0 Å². The van der Waals surface area contributed by atoms with Crippen molar-refractivity contribution in [3.63, 3.8) is 0 Å². The van der Waals surface area contributed by atoms with Gasteiger partial charge in [0, 0.05) is 23.7 Å². The van der Waals surface area contributed by atoms with Crippen LogP contribution < -0.4 is 5.32 Å². The highest BCUT2D eigenvalue weighted by atomic mass is 35.5. The van der Waals surface area contributed by atoms with Crippen molar-refractivity contribution in [1.82, 2.24) is 10.2 Å². The summed E-state index contributed by atoms with van der Waals surface area (Å²) in [5.41, 5.74) is 3.32. The molecule has 6 heteroatoms. The van der Waals surface area contributed by atoms with Crippen LogP contribution in [0.5, 0.6) is 5.75 Å². The van der Waals surface area contributed by atoms with Crippen LogP contribution in [0, 0.1) is 5.82 Å². The van der Waals surface area contributed by atoms with E-state index in [1.165, 1.54) is 18.2 Å². The summed E-state index contributed by atoms with van der Waals surface area (Å²) in [6, 6.07) is 18.3. The summed E-state index contributed by atoms with van der Waals surface area (Å²) < 4.78 is 14.0. The summed E-state index contributed by atoms with van der Waals surface area (Å²) in [7, 11) is 0. The fraction of sp³-hybridized carbons (Fsp3) is 0.208. The first-order valence-corrected chi connectivity index (χ1v) is 10.3. The van der Waals surface area contributed by atoms with Crippen LogP contribution in [0.1, 0.15) is 28.3 Å². The first-order chi connectivity index (χ1) is 14.5. The minimum absolute atomic E-state index is 0.0352. The van der Waals surface area contributed by atoms with E-state index in [0.29, 0.717) is 36.5 Å². The van der Waals surface area contributed by atoms with Gasteiger partial charge in [0.05, 0.1) is 6.04 Å². The Bertz CT molecular complexity index is 1070. The molecule has 0 bridgehead atoms. The van der Waals surface area contributed by atoms with Gasteiger partial charge in [-0.2, -0.15) is 0 Å². The molecule has 0 aromatic heterocycles. The van der Waals surface area contributed by atoms with E-state index in [4.69, 9.17) is 11.6 Å². The standard InChI is InChI=1S/C24H22ClFN2O2/c25-21-8-4-2-6-17(21)11-13-27-24(30)28-14-12-16-5-1-3-7-19(16)23(28)20-15-18(26)9-10-22(20)29/h1-10,15,23,29H,11-14H2,(H,27,30). The van der Waals surface area contributed by atoms with Crippen LogP contribution in [0.2, 0.25) is 5.02 Å². The lowest BCUT2D eigenvalue weighted by Crippen LogP contribution is -2.46. The third kappa shape index (κ3) is 4.12. The van der Waals surface area contributed by atoms with Crippen molar-refractivity contribution in [2.45, 2.75) is 18.9 Å². The predicted octanol–water partition coefficient (Wildman–Crippen LogP) is 5.08. The highest BCUT2D eigenvalue weighted by Gasteiger charge is 2.33. The van der Waals surface area contributed by atoms with E-state index in [9.17, 15) is 14.3 Å². The second-order valence-corrected chi connectivity index (χ2v) is 7.73. The van der Waals surface area contributed by atoms with E-state index in [1.54, 1.807) is 4.90 Å². The summed E-state index contributed by atoms with van der Waals surface area (Å²) in [6.07, 6.45) is 1.30. The second-order valence-electron chi connectivity index (χ2n) is 7.32. The Morgan fingerprint density at radius 2 is 1.87 bits per heavy atom. The van der Waals surface area contributed by atoms with Crippen molar-refractivity contribution >= 4 is 17.6 Å². The molecule has 0 fully saturated rings. The molecule has 1 atom stereocenters. The third-order valence-corrected chi connectivity index (χ3v) is 5.83. The van der Waals surface area contributed by atoms with Gasteiger partial charge in [0.2, 0.25) is 0 Å². The molecule has 4 nitrogen and oxygen atoms in total. The lowest BCUT2D eigenvalue weighted by atomic mass is 9.88. The summed E-state index contributed by atoms with van der Waals surface area (Å²) in [5, 5.41) is 14.0. The molecular formula is C24H22ClFN2O2. The molecule has 2 N–H and O–H groups in total. The van der Waals surface area contributed by atoms with E-state index in [0.717, 1.165) is 16.7 Å². The minimum atomic E-state index is -0.564. The Kier molecular flexibility index (Phi) is 5.91. The zero-order valence-corrected chi connectivity index (χ0v) is 17.1. The average Bonchev–Trinajstić information content (AvgIpc) is 2.76. The number of amides is 2. The maximum absolute atomic E-state index is 14.0. The van der Waals surface area contributed by atoms with Crippen LogP contribution in [0.3, 0.4) is 0 Å². The van der Waals surface area contributed by atoms with Gasteiger partial charge in [-0.05, 0) is 53.8 Å². The minimum Gasteiger partial charge on any atom is -0.508 e. The number of phenols is 1. The first kappa shape index (κ1) is 20.2. The van der Waals surface area contributed by atoms with Gasteiger partial charge < -0.3 is 15.3 Å². The van der Waals surface area contributed by atoms with Gasteiger partial charge in [-0.3, -0.25) is 0 Å². The zero-order chi connectivity index (χ0) is 21.1. The maximum Gasteiger partial charge on any atom is 0.318 e. The first-order valence-electron chi connectivity index (χ1n) is 9.88. The van der Waals surface area contributed by atoms with Crippen molar-refractivity contribution in [2.75, 3.05) is 13.1 Å². The topological polar surface area (TPSA) is 52.6 Å². The number of rotatable bonds is 4. The number of benzene rings is 3. The SMILES string of the molecule is O=C(NCCc1ccccc1Cl)N1CCc2ccccc2C1c1cc(F)ccc1O. The number of phenolic OH excluding ortho intramolecular Hbond substituents is 1. The molecule has 4 rings (SSSR count). The lowest BCUT2D eigenvalue weighted by Gasteiger charge is -2.38. The van der Waals surface area contributed by atoms with E-state index in [2.05, 4.69) is 5.32 Å². The molecule has 1 heterocycles. The Hall–Kier alpha value is -3.05. The van der Waals surface area contributed by atoms with Gasteiger partial charge in [0.15, 0.2) is 0 Å². The maximum atomic E-state index is 14.0. The average molecular weight is 425 g/mol. The fourth-order valence-electron chi connectivity index (χ4n) is 3.97. The number of hydrogen-bond donors (Lipinski definition) is 2. The number of fused-ring (bicyclic) bond motifs is 1. The molecule has 0 saturated carbocycles. The normalized spacial score (nSPS) is 15.5. The van der Waals surface area contributed by atoms with Crippen LogP contribution in [-0.4, -0.2) is 29.1 Å². The molecule has 1 aliphatic rings. The molecule has 0 aliphatic carbocycles. The summed E-state index contributed by atoms with van der Waals surface area (Å²) in [5.74, 6) is -0.489. The fourth-order valence-corrected chi connectivity index (χ4v) is 4.20. The number of carbonyl (C=O) groups is 1. The third-order valence-electron chi connectivity index (χ3n) is 5.46. The van der Waals surface area contributed by atoms with E-state index in [-0.39, 0.29) is 11.8 Å². The van der Waals surface area contributed by atoms with Gasteiger partial charge >= 0.3 is 6.03 Å². The Morgan fingerprint density at radius 3 is 2.70 bits per heavy atom. The Morgan fingerprint density at radius 1 is 1.10 bits per heavy atom. The lowest BCUT2D eigenvalue weighted by molar-refractivity contribution is 0.179. The van der Waals surface area contributed by atoms with Crippen molar-refractivity contribution in [3.05, 3.63) is 99.8 Å². The van der Waals surface area contributed by atoms with Gasteiger partial charge in [-0.25, -0.2) is 9.18 Å². The Balaban J connectivity index is 1.58. The largest absolute Gasteiger partial charge is 0.508 e. The monoisotopic (exact) mass is 424 g/mol. The number of nitrogens with zero attached hydrogens (tertiary/aromatic N) is 1. The van der Waals surface area contributed by atoms with E-state index < -0.39 is 11.9 Å². The quantitative estimate of drug-likeness (QED) is 0.613. The molecule has 3 aromatic carbocycles. The summed E-state index contributed by atoms with van der Waals surface area (Å²) in [4.78, 5) is 14.7. The van der Waals surface area contributed by atoms with Crippen LogP contribution >= 0.6 is 11.6 Å². The summed E-state index contributed by atoms with van der Waals surface area (Å²) in [6.45, 7) is 0.887. The highest BCUT2D eigenvalue weighted by molar-refractivity contribution is 6.31. The number of nitrogens with one attached hydrogen (secondary N) is 1.